The van der Waals surface area contributed by atoms with Gasteiger partial charge in [-0.2, -0.15) is 5.10 Å². The number of allylic oxidation sites excluding steroid dienone is 1. The first-order chi connectivity index (χ1) is 9.65. The van der Waals surface area contributed by atoms with Crippen LogP contribution in [0.1, 0.15) is 16.1 Å². The molecule has 0 bridgehead atoms. The van der Waals surface area contributed by atoms with Gasteiger partial charge in [0.2, 0.25) is 5.78 Å². The third kappa shape index (κ3) is 2.88. The van der Waals surface area contributed by atoms with Gasteiger partial charge in [0.25, 0.3) is 0 Å². The quantitative estimate of drug-likeness (QED) is 0.619. The number of aromatic nitrogens is 2. The van der Waals surface area contributed by atoms with Crippen LogP contribution >= 0.6 is 0 Å². The molecule has 0 aliphatic rings. The van der Waals surface area contributed by atoms with E-state index in [1.54, 1.807) is 45.7 Å². The Kier molecular flexibility index (Phi) is 4.20. The van der Waals surface area contributed by atoms with Crippen molar-refractivity contribution in [1.82, 2.24) is 9.78 Å². The third-order valence-corrected chi connectivity index (χ3v) is 2.93. The van der Waals surface area contributed by atoms with Gasteiger partial charge in [-0.05, 0) is 30.4 Å². The summed E-state index contributed by atoms with van der Waals surface area (Å²) in [5, 5.41) is 3.97. The zero-order valence-corrected chi connectivity index (χ0v) is 11.7. The van der Waals surface area contributed by atoms with E-state index in [2.05, 4.69) is 5.10 Å². The lowest BCUT2D eigenvalue weighted by Crippen LogP contribution is -2.03. The standard InChI is InChI=1S/C15H16N2O3/c1-17-13(8-9-16-17)14(18)7-5-11-4-6-12(19-2)10-15(11)20-3/h4-10H,1-3H3/b7-5+. The van der Waals surface area contributed by atoms with Crippen molar-refractivity contribution in [2.75, 3.05) is 14.2 Å². The lowest BCUT2D eigenvalue weighted by Gasteiger charge is -2.07. The molecule has 5 nitrogen and oxygen atoms in total. The van der Waals surface area contributed by atoms with Gasteiger partial charge in [-0.3, -0.25) is 9.48 Å². The average molecular weight is 272 g/mol. The fourth-order valence-corrected chi connectivity index (χ4v) is 1.82. The van der Waals surface area contributed by atoms with Crippen LogP contribution in [0.2, 0.25) is 0 Å². The summed E-state index contributed by atoms with van der Waals surface area (Å²) in [4.78, 5) is 12.0. The van der Waals surface area contributed by atoms with Crippen molar-refractivity contribution in [3.63, 3.8) is 0 Å². The van der Waals surface area contributed by atoms with Crippen LogP contribution in [0.5, 0.6) is 11.5 Å². The smallest absolute Gasteiger partial charge is 0.203 e. The Morgan fingerprint density at radius 1 is 1.25 bits per heavy atom. The molecule has 0 saturated heterocycles. The van der Waals surface area contributed by atoms with Crippen LogP contribution in [-0.2, 0) is 7.05 Å². The van der Waals surface area contributed by atoms with Crippen molar-refractivity contribution < 1.29 is 14.3 Å². The minimum absolute atomic E-state index is 0.108. The maximum atomic E-state index is 12.0. The minimum atomic E-state index is -0.108. The van der Waals surface area contributed by atoms with E-state index in [9.17, 15) is 4.79 Å². The molecule has 1 heterocycles. The van der Waals surface area contributed by atoms with Crippen LogP contribution in [0.4, 0.5) is 0 Å². The van der Waals surface area contributed by atoms with Crippen LogP contribution in [0, 0.1) is 0 Å². The van der Waals surface area contributed by atoms with E-state index in [0.29, 0.717) is 17.2 Å². The number of benzene rings is 1. The van der Waals surface area contributed by atoms with Crippen molar-refractivity contribution in [2.24, 2.45) is 7.05 Å². The first-order valence-electron chi connectivity index (χ1n) is 6.08. The predicted octanol–water partition coefficient (Wildman–Crippen LogP) is 2.33. The molecule has 104 valence electrons. The summed E-state index contributed by atoms with van der Waals surface area (Å²) >= 11 is 0. The Bertz CT molecular complexity index is 644. The van der Waals surface area contributed by atoms with E-state index in [0.717, 1.165) is 5.56 Å². The topological polar surface area (TPSA) is 53.3 Å². The molecule has 0 amide bonds. The molecule has 0 N–H and O–H groups in total. The number of ether oxygens (including phenoxy) is 2. The summed E-state index contributed by atoms with van der Waals surface area (Å²) in [6, 6.07) is 7.10. The molecule has 0 saturated carbocycles. The molecule has 0 fully saturated rings. The highest BCUT2D eigenvalue weighted by Crippen LogP contribution is 2.25. The number of hydrogen-bond acceptors (Lipinski definition) is 4. The molecule has 0 aliphatic heterocycles. The molecule has 0 atom stereocenters. The molecule has 1 aromatic carbocycles. The summed E-state index contributed by atoms with van der Waals surface area (Å²) < 4.78 is 11.9. The number of ketones is 1. The van der Waals surface area contributed by atoms with Crippen molar-refractivity contribution in [3.8, 4) is 11.5 Å². The van der Waals surface area contributed by atoms with E-state index >= 15 is 0 Å². The number of rotatable bonds is 5. The third-order valence-electron chi connectivity index (χ3n) is 2.93. The normalized spacial score (nSPS) is 10.8. The Morgan fingerprint density at radius 3 is 2.65 bits per heavy atom. The van der Waals surface area contributed by atoms with Gasteiger partial charge in [0.1, 0.15) is 17.2 Å². The second-order valence-corrected chi connectivity index (χ2v) is 4.15. The predicted molar refractivity (Wildman–Crippen MR) is 76.1 cm³/mol. The van der Waals surface area contributed by atoms with Gasteiger partial charge < -0.3 is 9.47 Å². The fourth-order valence-electron chi connectivity index (χ4n) is 1.82. The van der Waals surface area contributed by atoms with Crippen LogP contribution < -0.4 is 9.47 Å². The van der Waals surface area contributed by atoms with E-state index in [1.165, 1.54) is 10.8 Å². The van der Waals surface area contributed by atoms with Crippen molar-refractivity contribution in [1.29, 1.82) is 0 Å². The first-order valence-corrected chi connectivity index (χ1v) is 6.08. The van der Waals surface area contributed by atoms with Gasteiger partial charge >= 0.3 is 0 Å². The lowest BCUT2D eigenvalue weighted by molar-refractivity contribution is 0.103. The second kappa shape index (κ2) is 6.06. The van der Waals surface area contributed by atoms with E-state index < -0.39 is 0 Å². The number of hydrogen-bond donors (Lipinski definition) is 0. The van der Waals surface area contributed by atoms with Crippen LogP contribution in [-0.4, -0.2) is 29.8 Å². The van der Waals surface area contributed by atoms with Gasteiger partial charge in [0.15, 0.2) is 0 Å². The van der Waals surface area contributed by atoms with E-state index in [-0.39, 0.29) is 5.78 Å². The molecule has 0 spiro atoms. The largest absolute Gasteiger partial charge is 0.497 e. The number of carbonyl (C=O) groups excluding carboxylic acids is 1. The van der Waals surface area contributed by atoms with Gasteiger partial charge in [-0.1, -0.05) is 0 Å². The van der Waals surface area contributed by atoms with Crippen molar-refractivity contribution in [3.05, 3.63) is 47.8 Å². The van der Waals surface area contributed by atoms with Crippen molar-refractivity contribution in [2.45, 2.75) is 0 Å². The highest BCUT2D eigenvalue weighted by atomic mass is 16.5. The van der Waals surface area contributed by atoms with E-state index in [4.69, 9.17) is 9.47 Å². The average Bonchev–Trinajstić information content (AvgIpc) is 2.90. The molecule has 0 unspecified atom stereocenters. The maximum absolute atomic E-state index is 12.0. The van der Waals surface area contributed by atoms with Crippen LogP contribution in [0.25, 0.3) is 6.08 Å². The van der Waals surface area contributed by atoms with Crippen molar-refractivity contribution >= 4 is 11.9 Å². The van der Waals surface area contributed by atoms with Crippen LogP contribution in [0.3, 0.4) is 0 Å². The highest BCUT2D eigenvalue weighted by Gasteiger charge is 2.07. The summed E-state index contributed by atoms with van der Waals surface area (Å²) in [6.45, 7) is 0. The molecular formula is C15H16N2O3. The SMILES string of the molecule is COc1ccc(/C=C/C(=O)c2ccnn2C)c(OC)c1. The zero-order valence-electron chi connectivity index (χ0n) is 11.7. The van der Waals surface area contributed by atoms with Gasteiger partial charge in [0, 0.05) is 24.9 Å². The fraction of sp³-hybridized carbons (Fsp3) is 0.200. The summed E-state index contributed by atoms with van der Waals surface area (Å²) in [6.07, 6.45) is 4.81. The number of carbonyl (C=O) groups is 1. The monoisotopic (exact) mass is 272 g/mol. The molecule has 0 radical (unpaired) electrons. The lowest BCUT2D eigenvalue weighted by atomic mass is 10.1. The van der Waals surface area contributed by atoms with Gasteiger partial charge in [-0.15, -0.1) is 0 Å². The van der Waals surface area contributed by atoms with Crippen LogP contribution in [0.15, 0.2) is 36.5 Å². The molecule has 2 aromatic rings. The Balaban J connectivity index is 2.23. The number of nitrogens with zero attached hydrogens (tertiary/aromatic N) is 2. The molecular weight excluding hydrogens is 256 g/mol. The van der Waals surface area contributed by atoms with Gasteiger partial charge in [0.05, 0.1) is 14.2 Å². The first kappa shape index (κ1) is 13.9. The van der Waals surface area contributed by atoms with Gasteiger partial charge in [-0.25, -0.2) is 0 Å². The number of methoxy groups -OCH3 is 2. The Labute approximate surface area is 117 Å². The zero-order chi connectivity index (χ0) is 14.5. The Morgan fingerprint density at radius 2 is 2.05 bits per heavy atom. The summed E-state index contributed by atoms with van der Waals surface area (Å²) in [7, 11) is 4.90. The highest BCUT2D eigenvalue weighted by molar-refractivity contribution is 6.05. The summed E-state index contributed by atoms with van der Waals surface area (Å²) in [5.41, 5.74) is 1.34. The summed E-state index contributed by atoms with van der Waals surface area (Å²) in [5.74, 6) is 1.25. The maximum Gasteiger partial charge on any atom is 0.203 e. The molecule has 2 rings (SSSR count). The second-order valence-electron chi connectivity index (χ2n) is 4.15. The molecule has 5 heteroatoms. The molecule has 0 aliphatic carbocycles. The minimum Gasteiger partial charge on any atom is -0.497 e. The molecule has 1 aromatic heterocycles. The Hall–Kier alpha value is -2.56. The number of aryl methyl sites for hydroxylation is 1. The van der Waals surface area contributed by atoms with E-state index in [1.807, 2.05) is 12.1 Å². The molecule has 20 heavy (non-hydrogen) atoms.